The molecule has 0 atom stereocenters. The van der Waals surface area contributed by atoms with Crippen molar-refractivity contribution in [3.8, 4) is 0 Å². The van der Waals surface area contributed by atoms with Gasteiger partial charge in [-0.2, -0.15) is 0 Å². The largest absolute Gasteiger partial charge is 0.337 e. The molecule has 0 aliphatic heterocycles. The van der Waals surface area contributed by atoms with Crippen LogP contribution < -0.4 is 5.32 Å². The molecule has 0 saturated carbocycles. The monoisotopic (exact) mass is 248 g/mol. The Balaban J connectivity index is 1.69. The van der Waals surface area contributed by atoms with Crippen LogP contribution in [-0.2, 0) is 19.6 Å². The smallest absolute Gasteiger partial charge is 0.0964 e. The van der Waals surface area contributed by atoms with Crippen molar-refractivity contribution in [1.82, 2.24) is 29.9 Å². The van der Waals surface area contributed by atoms with Crippen molar-refractivity contribution in [1.29, 1.82) is 0 Å². The Morgan fingerprint density at radius 3 is 3.06 bits per heavy atom. The van der Waals surface area contributed by atoms with Gasteiger partial charge in [0.25, 0.3) is 0 Å². The Kier molecular flexibility index (Phi) is 4.89. The summed E-state index contributed by atoms with van der Waals surface area (Å²) in [4.78, 5) is 4.01. The summed E-state index contributed by atoms with van der Waals surface area (Å²) >= 11 is 0. The zero-order valence-electron chi connectivity index (χ0n) is 10.8. The molecule has 0 unspecified atom stereocenters. The van der Waals surface area contributed by atoms with Crippen LogP contribution in [0.1, 0.15) is 25.5 Å². The fourth-order valence-electron chi connectivity index (χ4n) is 1.76. The summed E-state index contributed by atoms with van der Waals surface area (Å²) in [6.45, 7) is 5.82. The molecular formula is C12H20N6. The van der Waals surface area contributed by atoms with E-state index >= 15 is 0 Å². The zero-order valence-corrected chi connectivity index (χ0v) is 10.8. The highest BCUT2D eigenvalue weighted by molar-refractivity contribution is 4.91. The molecule has 0 fully saturated rings. The minimum absolute atomic E-state index is 0.801. The third-order valence-electron chi connectivity index (χ3n) is 2.68. The van der Waals surface area contributed by atoms with Gasteiger partial charge in [-0.3, -0.25) is 4.68 Å². The van der Waals surface area contributed by atoms with Crippen molar-refractivity contribution in [2.75, 3.05) is 6.54 Å². The maximum absolute atomic E-state index is 4.13. The summed E-state index contributed by atoms with van der Waals surface area (Å²) < 4.78 is 3.97. The Bertz CT molecular complexity index is 433. The second-order valence-electron chi connectivity index (χ2n) is 4.30. The van der Waals surface area contributed by atoms with Gasteiger partial charge in [0.15, 0.2) is 0 Å². The van der Waals surface area contributed by atoms with E-state index in [1.54, 1.807) is 6.20 Å². The standard InChI is InChI=1S/C12H20N6/c1-2-4-13-9-12-10-18(16-15-12)7-3-6-17-8-5-14-11-17/h5,8,10-11,13H,2-4,6-7,9H2,1H3. The van der Waals surface area contributed by atoms with E-state index in [0.717, 1.165) is 44.7 Å². The van der Waals surface area contributed by atoms with E-state index in [-0.39, 0.29) is 0 Å². The fourth-order valence-corrected chi connectivity index (χ4v) is 1.76. The number of aryl methyl sites for hydroxylation is 2. The molecule has 2 rings (SSSR count). The van der Waals surface area contributed by atoms with Crippen LogP contribution in [0.3, 0.4) is 0 Å². The van der Waals surface area contributed by atoms with Gasteiger partial charge in [0, 0.05) is 38.2 Å². The molecule has 2 aromatic heterocycles. The number of rotatable bonds is 8. The van der Waals surface area contributed by atoms with Crippen molar-refractivity contribution < 1.29 is 0 Å². The SMILES string of the molecule is CCCNCc1cn(CCCn2ccnc2)nn1. The van der Waals surface area contributed by atoms with Crippen molar-refractivity contribution >= 4 is 0 Å². The molecule has 1 N–H and O–H groups in total. The normalized spacial score (nSPS) is 10.9. The lowest BCUT2D eigenvalue weighted by Crippen LogP contribution is -2.13. The highest BCUT2D eigenvalue weighted by Crippen LogP contribution is 1.97. The topological polar surface area (TPSA) is 60.6 Å². The predicted molar refractivity (Wildman–Crippen MR) is 68.9 cm³/mol. The Morgan fingerprint density at radius 2 is 2.28 bits per heavy atom. The van der Waals surface area contributed by atoms with E-state index < -0.39 is 0 Å². The van der Waals surface area contributed by atoms with E-state index in [1.165, 1.54) is 0 Å². The maximum atomic E-state index is 4.13. The molecule has 98 valence electrons. The van der Waals surface area contributed by atoms with Crippen LogP contribution in [0.15, 0.2) is 24.9 Å². The molecule has 2 aromatic rings. The minimum atomic E-state index is 0.801. The first-order valence-electron chi connectivity index (χ1n) is 6.44. The van der Waals surface area contributed by atoms with Gasteiger partial charge in [-0.05, 0) is 19.4 Å². The average Bonchev–Trinajstić information content (AvgIpc) is 3.01. The van der Waals surface area contributed by atoms with Gasteiger partial charge < -0.3 is 9.88 Å². The van der Waals surface area contributed by atoms with Crippen LogP contribution in [0.25, 0.3) is 0 Å². The summed E-state index contributed by atoms with van der Waals surface area (Å²) in [6, 6.07) is 0. The minimum Gasteiger partial charge on any atom is -0.337 e. The molecule has 0 amide bonds. The number of hydrogen-bond donors (Lipinski definition) is 1. The van der Waals surface area contributed by atoms with Crippen molar-refractivity contribution in [2.24, 2.45) is 0 Å². The number of aromatic nitrogens is 5. The summed E-state index contributed by atoms with van der Waals surface area (Å²) in [5, 5.41) is 11.6. The Hall–Kier alpha value is -1.69. The quantitative estimate of drug-likeness (QED) is 0.710. The zero-order chi connectivity index (χ0) is 12.6. The number of imidazole rings is 1. The lowest BCUT2D eigenvalue weighted by atomic mass is 10.4. The molecule has 0 spiro atoms. The molecule has 0 saturated heterocycles. The fraction of sp³-hybridized carbons (Fsp3) is 0.583. The molecular weight excluding hydrogens is 228 g/mol. The lowest BCUT2D eigenvalue weighted by molar-refractivity contribution is 0.514. The summed E-state index contributed by atoms with van der Waals surface area (Å²) in [5.74, 6) is 0. The van der Waals surface area contributed by atoms with Gasteiger partial charge in [-0.1, -0.05) is 12.1 Å². The van der Waals surface area contributed by atoms with Gasteiger partial charge in [0.2, 0.25) is 0 Å². The molecule has 0 radical (unpaired) electrons. The van der Waals surface area contributed by atoms with Crippen molar-refractivity contribution in [2.45, 2.75) is 39.4 Å². The van der Waals surface area contributed by atoms with Gasteiger partial charge in [-0.25, -0.2) is 4.98 Å². The predicted octanol–water partition coefficient (Wildman–Crippen LogP) is 1.06. The summed E-state index contributed by atoms with van der Waals surface area (Å²) in [6.07, 6.45) is 9.78. The number of hydrogen-bond acceptors (Lipinski definition) is 4. The molecule has 0 aliphatic carbocycles. The first kappa shape index (κ1) is 12.8. The summed E-state index contributed by atoms with van der Waals surface area (Å²) in [7, 11) is 0. The van der Waals surface area contributed by atoms with Crippen LogP contribution in [0, 0.1) is 0 Å². The number of nitrogens with zero attached hydrogens (tertiary/aromatic N) is 5. The third kappa shape index (κ3) is 3.96. The van der Waals surface area contributed by atoms with E-state index in [9.17, 15) is 0 Å². The summed E-state index contributed by atoms with van der Waals surface area (Å²) in [5.41, 5.74) is 1.01. The second kappa shape index (κ2) is 6.90. The molecule has 6 heteroatoms. The molecule has 0 aromatic carbocycles. The van der Waals surface area contributed by atoms with E-state index in [0.29, 0.717) is 0 Å². The van der Waals surface area contributed by atoms with Crippen LogP contribution in [0.2, 0.25) is 0 Å². The highest BCUT2D eigenvalue weighted by Gasteiger charge is 2.00. The van der Waals surface area contributed by atoms with Crippen LogP contribution in [0.5, 0.6) is 0 Å². The Morgan fingerprint density at radius 1 is 1.33 bits per heavy atom. The molecule has 2 heterocycles. The van der Waals surface area contributed by atoms with E-state index in [2.05, 4.69) is 32.1 Å². The first-order valence-corrected chi connectivity index (χ1v) is 6.44. The van der Waals surface area contributed by atoms with E-state index in [1.807, 2.05) is 23.4 Å². The second-order valence-corrected chi connectivity index (χ2v) is 4.30. The van der Waals surface area contributed by atoms with Crippen LogP contribution in [0.4, 0.5) is 0 Å². The third-order valence-corrected chi connectivity index (χ3v) is 2.68. The molecule has 6 nitrogen and oxygen atoms in total. The van der Waals surface area contributed by atoms with E-state index in [4.69, 9.17) is 0 Å². The van der Waals surface area contributed by atoms with Gasteiger partial charge >= 0.3 is 0 Å². The lowest BCUT2D eigenvalue weighted by Gasteiger charge is -2.01. The van der Waals surface area contributed by atoms with Gasteiger partial charge in [0.05, 0.1) is 12.0 Å². The maximum Gasteiger partial charge on any atom is 0.0964 e. The molecule has 0 aliphatic rings. The van der Waals surface area contributed by atoms with Crippen LogP contribution >= 0.6 is 0 Å². The van der Waals surface area contributed by atoms with Crippen molar-refractivity contribution in [3.05, 3.63) is 30.6 Å². The first-order chi connectivity index (χ1) is 8.88. The molecule has 0 bridgehead atoms. The molecule has 18 heavy (non-hydrogen) atoms. The number of nitrogens with one attached hydrogen (secondary N) is 1. The Labute approximate surface area is 107 Å². The highest BCUT2D eigenvalue weighted by atomic mass is 15.4. The van der Waals surface area contributed by atoms with Gasteiger partial charge in [-0.15, -0.1) is 5.10 Å². The van der Waals surface area contributed by atoms with Crippen molar-refractivity contribution in [3.63, 3.8) is 0 Å². The van der Waals surface area contributed by atoms with Crippen LogP contribution in [-0.4, -0.2) is 31.1 Å². The average molecular weight is 248 g/mol. The van der Waals surface area contributed by atoms with Gasteiger partial charge in [0.1, 0.15) is 0 Å².